The molecule has 0 aromatic heterocycles. The minimum absolute atomic E-state index is 0.0499. The molecule has 0 saturated carbocycles. The van der Waals surface area contributed by atoms with Crippen LogP contribution in [0.3, 0.4) is 0 Å². The molecule has 0 aliphatic carbocycles. The van der Waals surface area contributed by atoms with Crippen LogP contribution >= 0.6 is 15.9 Å². The smallest absolute Gasteiger partial charge is 0.173 e. The molecule has 0 amide bonds. The predicted octanol–water partition coefficient (Wildman–Crippen LogP) is 3.45. The third-order valence-corrected chi connectivity index (χ3v) is 2.63. The SMILES string of the molecule is O=CCC(=O)C=CC=Cc1ccc(Br)c(F)c1F. The largest absolute Gasteiger partial charge is 0.303 e. The Balaban J connectivity index is 2.77. The van der Waals surface area contributed by atoms with Crippen LogP contribution in [0.5, 0.6) is 0 Å². The van der Waals surface area contributed by atoms with Crippen LogP contribution in [0.2, 0.25) is 0 Å². The van der Waals surface area contributed by atoms with E-state index in [1.54, 1.807) is 0 Å². The molecule has 0 fully saturated rings. The maximum absolute atomic E-state index is 13.4. The van der Waals surface area contributed by atoms with Crippen LogP contribution in [0.4, 0.5) is 8.78 Å². The first-order valence-electron chi connectivity index (χ1n) is 5.01. The van der Waals surface area contributed by atoms with Gasteiger partial charge in [-0.25, -0.2) is 8.78 Å². The Hall–Kier alpha value is -1.62. The topological polar surface area (TPSA) is 34.1 Å². The molecule has 0 bridgehead atoms. The number of carbonyl (C=O) groups excluding carboxylic acids is 2. The van der Waals surface area contributed by atoms with Crippen molar-refractivity contribution in [3.8, 4) is 0 Å². The van der Waals surface area contributed by atoms with Gasteiger partial charge in [0, 0.05) is 5.56 Å². The lowest BCUT2D eigenvalue weighted by atomic mass is 10.2. The molecular weight excluding hydrogens is 306 g/mol. The third kappa shape index (κ3) is 4.00. The molecular formula is C13H9BrF2O2. The Labute approximate surface area is 111 Å². The fourth-order valence-corrected chi connectivity index (χ4v) is 1.45. The van der Waals surface area contributed by atoms with Gasteiger partial charge in [-0.3, -0.25) is 4.79 Å². The summed E-state index contributed by atoms with van der Waals surface area (Å²) in [5.74, 6) is -2.27. The van der Waals surface area contributed by atoms with Gasteiger partial charge in [-0.05, 0) is 28.1 Å². The number of allylic oxidation sites excluding steroid dienone is 3. The highest BCUT2D eigenvalue weighted by Gasteiger charge is 2.09. The van der Waals surface area contributed by atoms with E-state index < -0.39 is 11.6 Å². The highest BCUT2D eigenvalue weighted by atomic mass is 79.9. The van der Waals surface area contributed by atoms with Gasteiger partial charge in [0.25, 0.3) is 0 Å². The summed E-state index contributed by atoms with van der Waals surface area (Å²) in [6.45, 7) is 0. The van der Waals surface area contributed by atoms with Crippen LogP contribution < -0.4 is 0 Å². The van der Waals surface area contributed by atoms with Gasteiger partial charge in [0.1, 0.15) is 6.29 Å². The van der Waals surface area contributed by atoms with Gasteiger partial charge < -0.3 is 4.79 Å². The zero-order valence-corrected chi connectivity index (χ0v) is 10.8. The molecule has 94 valence electrons. The lowest BCUT2D eigenvalue weighted by molar-refractivity contribution is -0.118. The Morgan fingerprint density at radius 3 is 2.61 bits per heavy atom. The number of hydrogen-bond acceptors (Lipinski definition) is 2. The van der Waals surface area contributed by atoms with Crippen molar-refractivity contribution in [1.82, 2.24) is 0 Å². The zero-order chi connectivity index (χ0) is 13.5. The van der Waals surface area contributed by atoms with E-state index in [0.717, 1.165) is 0 Å². The number of rotatable bonds is 5. The minimum atomic E-state index is -0.965. The van der Waals surface area contributed by atoms with Crippen LogP contribution in [0.15, 0.2) is 34.8 Å². The van der Waals surface area contributed by atoms with Crippen molar-refractivity contribution in [3.63, 3.8) is 0 Å². The van der Waals surface area contributed by atoms with E-state index in [2.05, 4.69) is 15.9 Å². The Kier molecular flexibility index (Phi) is 5.58. The van der Waals surface area contributed by atoms with Crippen LogP contribution in [0, 0.1) is 11.6 Å². The van der Waals surface area contributed by atoms with Crippen molar-refractivity contribution in [2.45, 2.75) is 6.42 Å². The number of benzene rings is 1. The molecule has 1 rings (SSSR count). The normalized spacial score (nSPS) is 11.3. The van der Waals surface area contributed by atoms with E-state index in [4.69, 9.17) is 0 Å². The van der Waals surface area contributed by atoms with Crippen molar-refractivity contribution in [2.75, 3.05) is 0 Å². The highest BCUT2D eigenvalue weighted by molar-refractivity contribution is 9.10. The van der Waals surface area contributed by atoms with E-state index in [1.807, 2.05) is 0 Å². The molecule has 0 aliphatic rings. The molecule has 1 aromatic carbocycles. The summed E-state index contributed by atoms with van der Waals surface area (Å²) in [7, 11) is 0. The lowest BCUT2D eigenvalue weighted by Crippen LogP contribution is -1.91. The van der Waals surface area contributed by atoms with E-state index in [9.17, 15) is 18.4 Å². The third-order valence-electron chi connectivity index (χ3n) is 2.02. The van der Waals surface area contributed by atoms with Crippen molar-refractivity contribution in [3.05, 3.63) is 52.0 Å². The van der Waals surface area contributed by atoms with Crippen LogP contribution in [-0.2, 0) is 9.59 Å². The molecule has 2 nitrogen and oxygen atoms in total. The van der Waals surface area contributed by atoms with Crippen molar-refractivity contribution < 1.29 is 18.4 Å². The van der Waals surface area contributed by atoms with E-state index in [1.165, 1.54) is 36.4 Å². The van der Waals surface area contributed by atoms with Crippen molar-refractivity contribution >= 4 is 34.1 Å². The molecule has 0 spiro atoms. The van der Waals surface area contributed by atoms with Crippen LogP contribution in [0.1, 0.15) is 12.0 Å². The van der Waals surface area contributed by atoms with Crippen LogP contribution in [0.25, 0.3) is 6.08 Å². The predicted molar refractivity (Wildman–Crippen MR) is 67.9 cm³/mol. The van der Waals surface area contributed by atoms with Gasteiger partial charge in [0.05, 0.1) is 10.9 Å². The van der Waals surface area contributed by atoms with Gasteiger partial charge in [0.15, 0.2) is 17.4 Å². The summed E-state index contributed by atoms with van der Waals surface area (Å²) in [6.07, 6.45) is 5.60. The van der Waals surface area contributed by atoms with Gasteiger partial charge in [-0.15, -0.1) is 0 Å². The molecule has 0 saturated heterocycles. The second-order valence-electron chi connectivity index (χ2n) is 3.32. The Morgan fingerprint density at radius 2 is 1.94 bits per heavy atom. The average molecular weight is 315 g/mol. The molecule has 0 aliphatic heterocycles. The number of halogens is 3. The number of hydrogen-bond donors (Lipinski definition) is 0. The molecule has 0 heterocycles. The fraction of sp³-hybridized carbons (Fsp3) is 0.0769. The summed E-state index contributed by atoms with van der Waals surface area (Å²) in [5, 5.41) is 0. The lowest BCUT2D eigenvalue weighted by Gasteiger charge is -1.99. The molecule has 1 aromatic rings. The molecule has 0 unspecified atom stereocenters. The zero-order valence-electron chi connectivity index (χ0n) is 9.20. The standard InChI is InChI=1S/C13H9BrF2O2/c14-11-6-5-9(12(15)13(11)16)3-1-2-4-10(18)7-8-17/h1-6,8H,7H2. The second-order valence-corrected chi connectivity index (χ2v) is 4.17. The van der Waals surface area contributed by atoms with E-state index >= 15 is 0 Å². The molecule has 18 heavy (non-hydrogen) atoms. The number of carbonyl (C=O) groups is 2. The first kappa shape index (κ1) is 14.4. The first-order chi connectivity index (χ1) is 8.56. The average Bonchev–Trinajstić information content (AvgIpc) is 2.34. The molecule has 0 N–H and O–H groups in total. The number of ketones is 1. The summed E-state index contributed by atoms with van der Waals surface area (Å²) >= 11 is 2.87. The monoisotopic (exact) mass is 314 g/mol. The van der Waals surface area contributed by atoms with Gasteiger partial charge in [-0.1, -0.05) is 24.3 Å². The fourth-order valence-electron chi connectivity index (χ4n) is 1.14. The highest BCUT2D eigenvalue weighted by Crippen LogP contribution is 2.21. The van der Waals surface area contributed by atoms with Gasteiger partial charge in [-0.2, -0.15) is 0 Å². The summed E-state index contributed by atoms with van der Waals surface area (Å²) in [4.78, 5) is 20.9. The van der Waals surface area contributed by atoms with Gasteiger partial charge >= 0.3 is 0 Å². The van der Waals surface area contributed by atoms with Crippen LogP contribution in [-0.4, -0.2) is 12.1 Å². The summed E-state index contributed by atoms with van der Waals surface area (Å²) in [5.41, 5.74) is 0.0724. The second kappa shape index (κ2) is 6.96. The van der Waals surface area contributed by atoms with E-state index in [0.29, 0.717) is 6.29 Å². The minimum Gasteiger partial charge on any atom is -0.303 e. The van der Waals surface area contributed by atoms with E-state index in [-0.39, 0.29) is 22.2 Å². The van der Waals surface area contributed by atoms with Crippen molar-refractivity contribution in [1.29, 1.82) is 0 Å². The summed E-state index contributed by atoms with van der Waals surface area (Å²) < 4.78 is 26.6. The quantitative estimate of drug-likeness (QED) is 0.274. The maximum atomic E-state index is 13.4. The van der Waals surface area contributed by atoms with Gasteiger partial charge in [0.2, 0.25) is 0 Å². The molecule has 5 heteroatoms. The Morgan fingerprint density at radius 1 is 1.22 bits per heavy atom. The first-order valence-corrected chi connectivity index (χ1v) is 5.80. The molecule has 0 atom stereocenters. The van der Waals surface area contributed by atoms with Crippen molar-refractivity contribution in [2.24, 2.45) is 0 Å². The molecule has 0 radical (unpaired) electrons. The summed E-state index contributed by atoms with van der Waals surface area (Å²) in [6, 6.07) is 2.79. The maximum Gasteiger partial charge on any atom is 0.173 e. The number of aldehydes is 1. The Bertz CT molecular complexity index is 522.